The minimum Gasteiger partial charge on any atom is -0.397 e. The van der Waals surface area contributed by atoms with Crippen LogP contribution in [0.5, 0.6) is 0 Å². The molecule has 5 heteroatoms. The maximum atomic E-state index is 6.24. The molecule has 4 nitrogen and oxygen atoms in total. The predicted octanol–water partition coefficient (Wildman–Crippen LogP) is 3.19. The molecule has 3 rings (SSSR count). The molecule has 1 aromatic heterocycles. The van der Waals surface area contributed by atoms with Gasteiger partial charge in [0.15, 0.2) is 0 Å². The second kappa shape index (κ2) is 5.58. The zero-order valence-corrected chi connectivity index (χ0v) is 12.9. The van der Waals surface area contributed by atoms with E-state index in [0.29, 0.717) is 6.10 Å². The molecule has 108 valence electrons. The summed E-state index contributed by atoms with van der Waals surface area (Å²) in [4.78, 5) is 6.91. The van der Waals surface area contributed by atoms with Gasteiger partial charge < -0.3 is 15.4 Å². The molecule has 0 aliphatic carbocycles. The number of piperidine rings is 1. The molecule has 1 atom stereocenters. The van der Waals surface area contributed by atoms with Gasteiger partial charge in [0.1, 0.15) is 0 Å². The average molecular weight is 291 g/mol. The minimum absolute atomic E-state index is 0.320. The average Bonchev–Trinajstić information content (AvgIpc) is 2.77. The van der Waals surface area contributed by atoms with Crippen molar-refractivity contribution in [2.75, 3.05) is 30.3 Å². The summed E-state index contributed by atoms with van der Waals surface area (Å²) in [5.41, 5.74) is 9.24. The second-order valence-corrected chi connectivity index (χ2v) is 6.51. The predicted molar refractivity (Wildman–Crippen MR) is 85.6 cm³/mol. The quantitative estimate of drug-likeness (QED) is 0.882. The van der Waals surface area contributed by atoms with E-state index in [1.54, 1.807) is 11.3 Å². The van der Waals surface area contributed by atoms with Crippen LogP contribution in [-0.2, 0) is 4.74 Å². The lowest BCUT2D eigenvalue weighted by Crippen LogP contribution is -2.40. The molecule has 20 heavy (non-hydrogen) atoms. The highest BCUT2D eigenvalue weighted by molar-refractivity contribution is 7.18. The van der Waals surface area contributed by atoms with Gasteiger partial charge in [-0.15, -0.1) is 11.3 Å². The van der Waals surface area contributed by atoms with Crippen LogP contribution < -0.4 is 10.6 Å². The number of nitrogens with zero attached hydrogens (tertiary/aromatic N) is 2. The molecule has 1 aromatic carbocycles. The minimum atomic E-state index is 0.320. The Kier molecular flexibility index (Phi) is 3.81. The summed E-state index contributed by atoms with van der Waals surface area (Å²) in [5.74, 6) is 0. The summed E-state index contributed by atoms with van der Waals surface area (Å²) in [6.07, 6.45) is 2.61. The van der Waals surface area contributed by atoms with Crippen molar-refractivity contribution in [2.24, 2.45) is 0 Å². The van der Waals surface area contributed by atoms with E-state index in [-0.39, 0.29) is 0 Å². The first-order valence-corrected chi connectivity index (χ1v) is 8.02. The van der Waals surface area contributed by atoms with Gasteiger partial charge in [0.2, 0.25) is 0 Å². The van der Waals surface area contributed by atoms with E-state index in [2.05, 4.69) is 28.9 Å². The second-order valence-electron chi connectivity index (χ2n) is 5.28. The Morgan fingerprint density at radius 2 is 2.35 bits per heavy atom. The molecule has 0 amide bonds. The molecule has 2 heterocycles. The molecule has 1 aliphatic heterocycles. The standard InChI is InChI=1S/C15H21N3OS/c1-3-19-11-5-4-6-18(9-11)14-8-13-15(7-12(14)16)20-10(2)17-13/h7-8,11H,3-6,9,16H2,1-2H3. The third kappa shape index (κ3) is 2.60. The highest BCUT2D eigenvalue weighted by Gasteiger charge is 2.22. The summed E-state index contributed by atoms with van der Waals surface area (Å²) < 4.78 is 6.94. The van der Waals surface area contributed by atoms with E-state index in [1.807, 2.05) is 6.92 Å². The van der Waals surface area contributed by atoms with Gasteiger partial charge in [-0.1, -0.05) is 0 Å². The Morgan fingerprint density at radius 3 is 3.15 bits per heavy atom. The molecular formula is C15H21N3OS. The normalized spacial score (nSPS) is 19.7. The van der Waals surface area contributed by atoms with Gasteiger partial charge in [-0.25, -0.2) is 4.98 Å². The van der Waals surface area contributed by atoms with Gasteiger partial charge in [0.05, 0.1) is 32.7 Å². The van der Waals surface area contributed by atoms with Crippen LogP contribution >= 0.6 is 11.3 Å². The number of aryl methyl sites for hydroxylation is 1. The van der Waals surface area contributed by atoms with Crippen molar-refractivity contribution < 1.29 is 4.74 Å². The molecule has 0 bridgehead atoms. The van der Waals surface area contributed by atoms with Crippen LogP contribution in [0.2, 0.25) is 0 Å². The van der Waals surface area contributed by atoms with Crippen LogP contribution in [0.3, 0.4) is 0 Å². The van der Waals surface area contributed by atoms with Crippen molar-refractivity contribution in [3.05, 3.63) is 17.1 Å². The van der Waals surface area contributed by atoms with Gasteiger partial charge >= 0.3 is 0 Å². The Morgan fingerprint density at radius 1 is 1.50 bits per heavy atom. The summed E-state index contributed by atoms with van der Waals surface area (Å²) in [7, 11) is 0. The summed E-state index contributed by atoms with van der Waals surface area (Å²) in [5, 5.41) is 1.09. The van der Waals surface area contributed by atoms with E-state index in [4.69, 9.17) is 10.5 Å². The third-order valence-corrected chi connectivity index (χ3v) is 4.70. The van der Waals surface area contributed by atoms with Crippen molar-refractivity contribution in [1.29, 1.82) is 0 Å². The number of thiazole rings is 1. The topological polar surface area (TPSA) is 51.4 Å². The van der Waals surface area contributed by atoms with Gasteiger partial charge in [-0.2, -0.15) is 0 Å². The zero-order chi connectivity index (χ0) is 14.1. The smallest absolute Gasteiger partial charge is 0.0907 e. The fourth-order valence-corrected chi connectivity index (χ4v) is 3.75. The number of fused-ring (bicyclic) bond motifs is 1. The Labute approximate surface area is 123 Å². The molecule has 0 spiro atoms. The van der Waals surface area contributed by atoms with Crippen molar-refractivity contribution in [1.82, 2.24) is 4.98 Å². The van der Waals surface area contributed by atoms with E-state index in [9.17, 15) is 0 Å². The molecule has 1 unspecified atom stereocenters. The monoisotopic (exact) mass is 291 g/mol. The number of anilines is 2. The van der Waals surface area contributed by atoms with Gasteiger partial charge in [-0.05, 0) is 38.8 Å². The highest BCUT2D eigenvalue weighted by atomic mass is 32.1. The first-order chi connectivity index (χ1) is 9.67. The van der Waals surface area contributed by atoms with Crippen LogP contribution in [0.4, 0.5) is 11.4 Å². The van der Waals surface area contributed by atoms with Gasteiger partial charge in [0.25, 0.3) is 0 Å². The van der Waals surface area contributed by atoms with E-state index in [1.165, 1.54) is 4.70 Å². The summed E-state index contributed by atoms with van der Waals surface area (Å²) in [6, 6.07) is 4.18. The maximum Gasteiger partial charge on any atom is 0.0907 e. The molecule has 1 fully saturated rings. The van der Waals surface area contributed by atoms with E-state index in [0.717, 1.165) is 54.4 Å². The largest absolute Gasteiger partial charge is 0.397 e. The Bertz CT molecular complexity index is 608. The number of nitrogens with two attached hydrogens (primary N) is 1. The van der Waals surface area contributed by atoms with Crippen molar-refractivity contribution in [3.8, 4) is 0 Å². The van der Waals surface area contributed by atoms with Gasteiger partial charge in [0, 0.05) is 19.7 Å². The van der Waals surface area contributed by atoms with Crippen LogP contribution in [0.15, 0.2) is 12.1 Å². The van der Waals surface area contributed by atoms with Gasteiger partial charge in [-0.3, -0.25) is 0 Å². The number of nitrogen functional groups attached to an aromatic ring is 1. The molecule has 2 N–H and O–H groups in total. The number of rotatable bonds is 3. The number of hydrogen-bond acceptors (Lipinski definition) is 5. The zero-order valence-electron chi connectivity index (χ0n) is 12.1. The molecular weight excluding hydrogens is 270 g/mol. The van der Waals surface area contributed by atoms with E-state index >= 15 is 0 Å². The van der Waals surface area contributed by atoms with Crippen LogP contribution in [-0.4, -0.2) is 30.8 Å². The third-order valence-electron chi connectivity index (χ3n) is 3.77. The fraction of sp³-hybridized carbons (Fsp3) is 0.533. The van der Waals surface area contributed by atoms with Crippen LogP contribution in [0, 0.1) is 6.92 Å². The first-order valence-electron chi connectivity index (χ1n) is 7.20. The molecule has 1 aliphatic rings. The molecule has 2 aromatic rings. The lowest BCUT2D eigenvalue weighted by Gasteiger charge is -2.34. The molecule has 0 radical (unpaired) electrons. The lowest BCUT2D eigenvalue weighted by molar-refractivity contribution is 0.0527. The van der Waals surface area contributed by atoms with Crippen molar-refractivity contribution in [3.63, 3.8) is 0 Å². The SMILES string of the molecule is CCOC1CCCN(c2cc3nc(C)sc3cc2N)C1. The molecule has 0 saturated carbocycles. The van der Waals surface area contributed by atoms with Crippen LogP contribution in [0.1, 0.15) is 24.8 Å². The summed E-state index contributed by atoms with van der Waals surface area (Å²) >= 11 is 1.70. The Hall–Kier alpha value is -1.33. The number of hydrogen-bond donors (Lipinski definition) is 1. The molecule has 1 saturated heterocycles. The number of aromatic nitrogens is 1. The fourth-order valence-electron chi connectivity index (χ4n) is 2.90. The van der Waals surface area contributed by atoms with Crippen molar-refractivity contribution in [2.45, 2.75) is 32.8 Å². The number of benzene rings is 1. The maximum absolute atomic E-state index is 6.24. The highest BCUT2D eigenvalue weighted by Crippen LogP contribution is 2.33. The number of ether oxygens (including phenoxy) is 1. The lowest BCUT2D eigenvalue weighted by atomic mass is 10.1. The van der Waals surface area contributed by atoms with Crippen LogP contribution in [0.25, 0.3) is 10.2 Å². The van der Waals surface area contributed by atoms with E-state index < -0.39 is 0 Å². The Balaban J connectivity index is 1.90. The first kappa shape index (κ1) is 13.6. The van der Waals surface area contributed by atoms with Crippen molar-refractivity contribution >= 4 is 32.9 Å². The summed E-state index contributed by atoms with van der Waals surface area (Å²) in [6.45, 7) is 6.83.